The van der Waals surface area contributed by atoms with Gasteiger partial charge in [0, 0.05) is 36.0 Å². The minimum atomic E-state index is -0.359. The van der Waals surface area contributed by atoms with Crippen molar-refractivity contribution >= 4 is 23.2 Å². The van der Waals surface area contributed by atoms with Crippen molar-refractivity contribution in [3.05, 3.63) is 72.3 Å². The summed E-state index contributed by atoms with van der Waals surface area (Å²) in [7, 11) is 0. The van der Waals surface area contributed by atoms with Crippen LogP contribution in [0.2, 0.25) is 0 Å². The monoisotopic (exact) mass is 431 g/mol. The molecule has 1 aliphatic heterocycles. The summed E-state index contributed by atoms with van der Waals surface area (Å²) in [5.74, 6) is 1.43. The molecule has 0 bridgehead atoms. The number of anilines is 2. The molecule has 0 aliphatic carbocycles. The summed E-state index contributed by atoms with van der Waals surface area (Å²) >= 11 is 0. The summed E-state index contributed by atoms with van der Waals surface area (Å²) in [4.78, 5) is 27.0. The third kappa shape index (κ3) is 5.18. The highest BCUT2D eigenvalue weighted by atomic mass is 16.5. The Morgan fingerprint density at radius 1 is 0.719 bits per heavy atom. The molecule has 7 heteroatoms. The SMILES string of the molecule is Nc1ccc(Oc2cc(Oc3ccc(N)cc3)cc(C(=O)N3CCCCCC3=O)c2)cc1. The van der Waals surface area contributed by atoms with Gasteiger partial charge in [-0.2, -0.15) is 0 Å². The molecular weight excluding hydrogens is 406 g/mol. The number of carbonyl (C=O) groups is 2. The largest absolute Gasteiger partial charge is 0.457 e. The third-order valence-corrected chi connectivity index (χ3v) is 5.18. The maximum absolute atomic E-state index is 13.2. The second kappa shape index (κ2) is 9.43. The summed E-state index contributed by atoms with van der Waals surface area (Å²) in [6.07, 6.45) is 2.91. The van der Waals surface area contributed by atoms with Crippen molar-refractivity contribution < 1.29 is 19.1 Å². The molecule has 3 aromatic carbocycles. The fourth-order valence-electron chi connectivity index (χ4n) is 3.51. The zero-order valence-corrected chi connectivity index (χ0v) is 17.6. The van der Waals surface area contributed by atoms with Crippen molar-refractivity contribution in [2.75, 3.05) is 18.0 Å². The number of rotatable bonds is 5. The molecule has 3 aromatic rings. The van der Waals surface area contributed by atoms with E-state index < -0.39 is 0 Å². The van der Waals surface area contributed by atoms with Gasteiger partial charge in [-0.1, -0.05) is 6.42 Å². The summed E-state index contributed by atoms with van der Waals surface area (Å²) in [6.45, 7) is 0.412. The van der Waals surface area contributed by atoms with Crippen LogP contribution >= 0.6 is 0 Å². The molecule has 1 fully saturated rings. The number of benzene rings is 3. The topological polar surface area (TPSA) is 108 Å². The van der Waals surface area contributed by atoms with Gasteiger partial charge in [-0.25, -0.2) is 0 Å². The van der Waals surface area contributed by atoms with E-state index in [-0.39, 0.29) is 11.8 Å². The van der Waals surface area contributed by atoms with Crippen LogP contribution in [0.25, 0.3) is 0 Å². The first-order chi connectivity index (χ1) is 15.5. The van der Waals surface area contributed by atoms with E-state index in [2.05, 4.69) is 0 Å². The van der Waals surface area contributed by atoms with Crippen molar-refractivity contribution in [1.29, 1.82) is 0 Å². The van der Waals surface area contributed by atoms with E-state index >= 15 is 0 Å². The zero-order chi connectivity index (χ0) is 22.5. The minimum absolute atomic E-state index is 0.154. The Morgan fingerprint density at radius 3 is 1.78 bits per heavy atom. The Morgan fingerprint density at radius 2 is 1.25 bits per heavy atom. The number of nitrogen functional groups attached to an aromatic ring is 2. The van der Waals surface area contributed by atoms with Crippen molar-refractivity contribution in [2.24, 2.45) is 0 Å². The average molecular weight is 431 g/mol. The lowest BCUT2D eigenvalue weighted by atomic mass is 10.1. The fourth-order valence-corrected chi connectivity index (χ4v) is 3.51. The number of ether oxygens (including phenoxy) is 2. The normalized spacial score (nSPS) is 14.0. The molecule has 32 heavy (non-hydrogen) atoms. The number of hydrogen-bond acceptors (Lipinski definition) is 6. The second-order valence-electron chi connectivity index (χ2n) is 7.70. The predicted molar refractivity (Wildman–Crippen MR) is 123 cm³/mol. The van der Waals surface area contributed by atoms with Crippen LogP contribution in [0.5, 0.6) is 23.0 Å². The zero-order valence-electron chi connectivity index (χ0n) is 17.6. The Balaban J connectivity index is 1.67. The van der Waals surface area contributed by atoms with Gasteiger partial charge < -0.3 is 20.9 Å². The Kier molecular flexibility index (Phi) is 6.26. The predicted octanol–water partition coefficient (Wildman–Crippen LogP) is 4.98. The number of nitrogens with two attached hydrogens (primary N) is 2. The lowest BCUT2D eigenvalue weighted by Gasteiger charge is -2.19. The summed E-state index contributed by atoms with van der Waals surface area (Å²) in [5, 5.41) is 0. The molecule has 0 radical (unpaired) electrons. The molecule has 0 atom stereocenters. The van der Waals surface area contributed by atoms with E-state index in [0.717, 1.165) is 19.3 Å². The molecule has 2 amide bonds. The van der Waals surface area contributed by atoms with E-state index in [1.807, 2.05) is 0 Å². The molecule has 164 valence electrons. The second-order valence-corrected chi connectivity index (χ2v) is 7.70. The third-order valence-electron chi connectivity index (χ3n) is 5.18. The van der Waals surface area contributed by atoms with Gasteiger partial charge in [-0.15, -0.1) is 0 Å². The number of nitrogens with zero attached hydrogens (tertiary/aromatic N) is 1. The highest BCUT2D eigenvalue weighted by Gasteiger charge is 2.25. The molecular formula is C25H25N3O4. The van der Waals surface area contributed by atoms with Gasteiger partial charge in [-0.05, 0) is 73.5 Å². The van der Waals surface area contributed by atoms with E-state index in [9.17, 15) is 9.59 Å². The molecule has 1 aliphatic rings. The summed E-state index contributed by atoms with van der Waals surface area (Å²) in [5.41, 5.74) is 13.0. The van der Waals surface area contributed by atoms with Gasteiger partial charge in [0.2, 0.25) is 5.91 Å². The first kappa shape index (κ1) is 21.2. The van der Waals surface area contributed by atoms with Crippen LogP contribution in [0.4, 0.5) is 11.4 Å². The molecule has 0 aromatic heterocycles. The molecule has 4 N–H and O–H groups in total. The van der Waals surface area contributed by atoms with Gasteiger partial charge in [-0.3, -0.25) is 14.5 Å². The molecule has 1 heterocycles. The van der Waals surface area contributed by atoms with Crippen LogP contribution in [-0.4, -0.2) is 23.3 Å². The number of imide groups is 1. The molecule has 4 rings (SSSR count). The fraction of sp³-hybridized carbons (Fsp3) is 0.200. The Hall–Kier alpha value is -4.00. The van der Waals surface area contributed by atoms with Crippen LogP contribution in [0.15, 0.2) is 66.7 Å². The highest BCUT2D eigenvalue weighted by molar-refractivity contribution is 6.05. The van der Waals surface area contributed by atoms with Crippen LogP contribution in [0.1, 0.15) is 36.0 Å². The van der Waals surface area contributed by atoms with E-state index in [0.29, 0.717) is 52.9 Å². The Labute approximate surface area is 186 Å². The summed E-state index contributed by atoms with van der Waals surface area (Å²) < 4.78 is 11.9. The summed E-state index contributed by atoms with van der Waals surface area (Å²) in [6, 6.07) is 18.8. The minimum Gasteiger partial charge on any atom is -0.457 e. The number of carbonyl (C=O) groups excluding carboxylic acids is 2. The molecule has 0 saturated carbocycles. The average Bonchev–Trinajstić information content (AvgIpc) is 3.00. The Bertz CT molecular complexity index is 1050. The number of amides is 2. The van der Waals surface area contributed by atoms with Crippen LogP contribution in [0, 0.1) is 0 Å². The van der Waals surface area contributed by atoms with Crippen LogP contribution < -0.4 is 20.9 Å². The van der Waals surface area contributed by atoms with Crippen LogP contribution in [0.3, 0.4) is 0 Å². The highest BCUT2D eigenvalue weighted by Crippen LogP contribution is 2.32. The van der Waals surface area contributed by atoms with Crippen LogP contribution in [-0.2, 0) is 4.79 Å². The van der Waals surface area contributed by atoms with Crippen molar-refractivity contribution in [3.63, 3.8) is 0 Å². The van der Waals surface area contributed by atoms with Crippen molar-refractivity contribution in [1.82, 2.24) is 4.90 Å². The van der Waals surface area contributed by atoms with Crippen molar-refractivity contribution in [3.8, 4) is 23.0 Å². The lowest BCUT2D eigenvalue weighted by molar-refractivity contribution is -0.128. The lowest BCUT2D eigenvalue weighted by Crippen LogP contribution is -2.36. The van der Waals surface area contributed by atoms with E-state index in [4.69, 9.17) is 20.9 Å². The molecule has 1 saturated heterocycles. The first-order valence-corrected chi connectivity index (χ1v) is 10.5. The number of likely N-dealkylation sites (tertiary alicyclic amines) is 1. The van der Waals surface area contributed by atoms with Gasteiger partial charge in [0.25, 0.3) is 5.91 Å². The van der Waals surface area contributed by atoms with Gasteiger partial charge in [0.05, 0.1) is 0 Å². The standard InChI is InChI=1S/C25H25N3O4/c26-18-5-9-20(10-6-18)31-22-14-17(25(30)28-13-3-1-2-4-24(28)29)15-23(16-22)32-21-11-7-19(27)8-12-21/h5-12,14-16H,1-4,13,26-27H2. The molecule has 7 nitrogen and oxygen atoms in total. The van der Waals surface area contributed by atoms with E-state index in [1.54, 1.807) is 66.7 Å². The number of hydrogen-bond donors (Lipinski definition) is 2. The smallest absolute Gasteiger partial charge is 0.260 e. The van der Waals surface area contributed by atoms with Gasteiger partial charge >= 0.3 is 0 Å². The van der Waals surface area contributed by atoms with E-state index in [1.165, 1.54) is 4.90 Å². The molecule has 0 unspecified atom stereocenters. The maximum atomic E-state index is 13.2. The molecule has 0 spiro atoms. The quantitative estimate of drug-likeness (QED) is 0.436. The first-order valence-electron chi connectivity index (χ1n) is 10.5. The van der Waals surface area contributed by atoms with Gasteiger partial charge in [0.15, 0.2) is 0 Å². The maximum Gasteiger partial charge on any atom is 0.260 e. The van der Waals surface area contributed by atoms with Crippen molar-refractivity contribution in [2.45, 2.75) is 25.7 Å². The van der Waals surface area contributed by atoms with Gasteiger partial charge in [0.1, 0.15) is 23.0 Å².